The number of carbonyl (C=O) groups is 1. The lowest BCUT2D eigenvalue weighted by Crippen LogP contribution is -2.14. The molecule has 37 heavy (non-hydrogen) atoms. The monoisotopic (exact) mass is 534 g/mol. The van der Waals surface area contributed by atoms with Crippen molar-refractivity contribution in [2.45, 2.75) is 50.9 Å². The summed E-state index contributed by atoms with van der Waals surface area (Å²) in [7, 11) is 0. The quantitative estimate of drug-likeness (QED) is 0.142. The summed E-state index contributed by atoms with van der Waals surface area (Å²) < 4.78 is 7.93. The minimum Gasteiger partial charge on any atom is -0.489 e. The lowest BCUT2D eigenvalue weighted by atomic mass is 10.2. The average molecular weight is 535 g/mol. The zero-order chi connectivity index (χ0) is 25.9. The van der Waals surface area contributed by atoms with Crippen LogP contribution in [0, 0.1) is 0 Å². The second kappa shape index (κ2) is 13.9. The lowest BCUT2D eigenvalue weighted by Gasteiger charge is -2.11. The number of hydrogen-bond acceptors (Lipinski definition) is 5. The van der Waals surface area contributed by atoms with Gasteiger partial charge in [0.15, 0.2) is 11.0 Å². The van der Waals surface area contributed by atoms with Crippen molar-refractivity contribution >= 4 is 35.0 Å². The number of amides is 1. The number of unbranched alkanes of at least 4 members (excludes halogenated alkanes) is 3. The fourth-order valence-electron chi connectivity index (χ4n) is 3.81. The number of thioether (sulfide) groups is 1. The van der Waals surface area contributed by atoms with E-state index in [1.54, 1.807) is 0 Å². The highest BCUT2D eigenvalue weighted by atomic mass is 35.5. The van der Waals surface area contributed by atoms with Gasteiger partial charge in [-0.25, -0.2) is 0 Å². The molecule has 1 heterocycles. The third kappa shape index (κ3) is 8.10. The van der Waals surface area contributed by atoms with Crippen LogP contribution in [0.15, 0.2) is 84.0 Å². The van der Waals surface area contributed by atoms with Crippen molar-refractivity contribution < 1.29 is 9.53 Å². The van der Waals surface area contributed by atoms with Crippen LogP contribution in [0.3, 0.4) is 0 Å². The van der Waals surface area contributed by atoms with Crippen LogP contribution in [-0.2, 0) is 17.9 Å². The Kier molecular flexibility index (Phi) is 10.0. The van der Waals surface area contributed by atoms with E-state index < -0.39 is 0 Å². The lowest BCUT2D eigenvalue weighted by molar-refractivity contribution is -0.113. The number of halogens is 1. The van der Waals surface area contributed by atoms with Crippen molar-refractivity contribution in [1.82, 2.24) is 14.8 Å². The summed E-state index contributed by atoms with van der Waals surface area (Å²) in [6.07, 6.45) is 4.54. The van der Waals surface area contributed by atoms with Crippen molar-refractivity contribution in [3.63, 3.8) is 0 Å². The zero-order valence-corrected chi connectivity index (χ0v) is 22.5. The van der Waals surface area contributed by atoms with E-state index in [0.29, 0.717) is 11.6 Å². The Hall–Kier alpha value is -3.29. The van der Waals surface area contributed by atoms with Crippen LogP contribution < -0.4 is 10.1 Å². The molecule has 0 aliphatic heterocycles. The van der Waals surface area contributed by atoms with Crippen molar-refractivity contribution in [1.29, 1.82) is 0 Å². The van der Waals surface area contributed by atoms with E-state index in [-0.39, 0.29) is 11.7 Å². The molecule has 4 rings (SSSR count). The third-order valence-electron chi connectivity index (χ3n) is 5.77. The van der Waals surface area contributed by atoms with Crippen LogP contribution in [0.4, 0.5) is 5.69 Å². The summed E-state index contributed by atoms with van der Waals surface area (Å²) in [4.78, 5) is 12.7. The van der Waals surface area contributed by atoms with Gasteiger partial charge in [-0.05, 0) is 60.5 Å². The Balaban J connectivity index is 1.34. The summed E-state index contributed by atoms with van der Waals surface area (Å²) >= 11 is 7.46. The van der Waals surface area contributed by atoms with Gasteiger partial charge in [-0.1, -0.05) is 79.9 Å². The first-order valence-electron chi connectivity index (χ1n) is 12.5. The second-order valence-electron chi connectivity index (χ2n) is 8.66. The molecule has 0 radical (unpaired) electrons. The zero-order valence-electron chi connectivity index (χ0n) is 20.9. The van der Waals surface area contributed by atoms with Crippen molar-refractivity contribution in [2.24, 2.45) is 0 Å². The standard InChI is InChI=1S/C29H31ClN4O2S/c1-2-3-4-8-19-34-28(23-11-13-24(30)14-12-23)32-33-29(34)37-21-27(35)31-25-15-17-26(18-16-25)36-20-22-9-6-5-7-10-22/h5-7,9-18H,2-4,8,19-21H2,1H3,(H,31,35). The number of nitrogens with one attached hydrogen (secondary N) is 1. The number of aromatic nitrogens is 3. The van der Waals surface area contributed by atoms with Crippen molar-refractivity contribution in [3.05, 3.63) is 89.4 Å². The third-order valence-corrected chi connectivity index (χ3v) is 6.99. The van der Waals surface area contributed by atoms with Gasteiger partial charge in [-0.15, -0.1) is 10.2 Å². The molecule has 0 saturated heterocycles. The van der Waals surface area contributed by atoms with Gasteiger partial charge in [0.2, 0.25) is 5.91 Å². The predicted octanol–water partition coefficient (Wildman–Crippen LogP) is 7.49. The Labute approximate surface area is 227 Å². The molecule has 6 nitrogen and oxygen atoms in total. The molecule has 4 aromatic rings. The van der Waals surface area contributed by atoms with Crippen LogP contribution in [0.25, 0.3) is 11.4 Å². The Morgan fingerprint density at radius 3 is 2.43 bits per heavy atom. The van der Waals surface area contributed by atoms with Gasteiger partial charge < -0.3 is 14.6 Å². The first-order valence-corrected chi connectivity index (χ1v) is 13.9. The maximum Gasteiger partial charge on any atom is 0.234 e. The summed E-state index contributed by atoms with van der Waals surface area (Å²) in [6.45, 7) is 3.50. The van der Waals surface area contributed by atoms with Gasteiger partial charge in [0.1, 0.15) is 12.4 Å². The molecule has 8 heteroatoms. The molecule has 0 atom stereocenters. The molecule has 0 aliphatic carbocycles. The summed E-state index contributed by atoms with van der Waals surface area (Å²) in [5, 5.41) is 13.2. The molecule has 0 saturated carbocycles. The van der Waals surface area contributed by atoms with E-state index in [2.05, 4.69) is 27.0 Å². The normalized spacial score (nSPS) is 10.9. The maximum absolute atomic E-state index is 12.7. The maximum atomic E-state index is 12.7. The SMILES string of the molecule is CCCCCCn1c(SCC(=O)Nc2ccc(OCc3ccccc3)cc2)nnc1-c1ccc(Cl)cc1. The number of hydrogen-bond donors (Lipinski definition) is 1. The molecule has 3 aromatic carbocycles. The average Bonchev–Trinajstić information content (AvgIpc) is 3.33. The first-order chi connectivity index (χ1) is 18.1. The highest BCUT2D eigenvalue weighted by molar-refractivity contribution is 7.99. The van der Waals surface area contributed by atoms with E-state index in [1.807, 2.05) is 78.9 Å². The topological polar surface area (TPSA) is 69.0 Å². The number of benzene rings is 3. The molecule has 0 spiro atoms. The minimum atomic E-state index is -0.100. The van der Waals surface area contributed by atoms with Crippen LogP contribution in [0.2, 0.25) is 5.02 Å². The molecule has 0 bridgehead atoms. The largest absolute Gasteiger partial charge is 0.489 e. The number of rotatable bonds is 13. The Morgan fingerprint density at radius 1 is 0.946 bits per heavy atom. The molecule has 0 unspecified atom stereocenters. The molecule has 1 N–H and O–H groups in total. The van der Waals surface area contributed by atoms with E-state index in [4.69, 9.17) is 16.3 Å². The summed E-state index contributed by atoms with van der Waals surface area (Å²) in [5.74, 6) is 1.68. The number of nitrogens with zero attached hydrogens (tertiary/aromatic N) is 3. The van der Waals surface area contributed by atoms with E-state index in [1.165, 1.54) is 24.6 Å². The fraction of sp³-hybridized carbons (Fsp3) is 0.276. The molecule has 0 fully saturated rings. The first kappa shape index (κ1) is 26.8. The smallest absolute Gasteiger partial charge is 0.234 e. The fourth-order valence-corrected chi connectivity index (χ4v) is 4.70. The molecule has 1 amide bonds. The van der Waals surface area contributed by atoms with Crippen LogP contribution in [0.5, 0.6) is 5.75 Å². The van der Waals surface area contributed by atoms with E-state index >= 15 is 0 Å². The van der Waals surface area contributed by atoms with Gasteiger partial charge in [0, 0.05) is 22.8 Å². The number of anilines is 1. The van der Waals surface area contributed by atoms with Crippen molar-refractivity contribution in [2.75, 3.05) is 11.1 Å². The number of carbonyl (C=O) groups excluding carboxylic acids is 1. The van der Waals surface area contributed by atoms with E-state index in [0.717, 1.165) is 52.9 Å². The second-order valence-corrected chi connectivity index (χ2v) is 10.0. The van der Waals surface area contributed by atoms with Crippen LogP contribution in [-0.4, -0.2) is 26.4 Å². The predicted molar refractivity (Wildman–Crippen MR) is 151 cm³/mol. The Morgan fingerprint density at radius 2 is 1.70 bits per heavy atom. The Bertz CT molecular complexity index is 1260. The van der Waals surface area contributed by atoms with Gasteiger partial charge in [-0.3, -0.25) is 4.79 Å². The van der Waals surface area contributed by atoms with E-state index in [9.17, 15) is 4.79 Å². The highest BCUT2D eigenvalue weighted by Gasteiger charge is 2.16. The van der Waals surface area contributed by atoms with Crippen molar-refractivity contribution in [3.8, 4) is 17.1 Å². The minimum absolute atomic E-state index is 0.100. The van der Waals surface area contributed by atoms with Gasteiger partial charge in [-0.2, -0.15) is 0 Å². The van der Waals surface area contributed by atoms with Gasteiger partial charge in [0.05, 0.1) is 5.75 Å². The number of ether oxygens (including phenoxy) is 1. The molecule has 0 aliphatic rings. The molecule has 1 aromatic heterocycles. The molecule has 192 valence electrons. The molecular formula is C29H31ClN4O2S. The van der Waals surface area contributed by atoms with Gasteiger partial charge >= 0.3 is 0 Å². The summed E-state index contributed by atoms with van der Waals surface area (Å²) in [5.41, 5.74) is 2.79. The highest BCUT2D eigenvalue weighted by Crippen LogP contribution is 2.26. The summed E-state index contributed by atoms with van der Waals surface area (Å²) in [6, 6.07) is 25.0. The van der Waals surface area contributed by atoms with Crippen LogP contribution in [0.1, 0.15) is 38.2 Å². The van der Waals surface area contributed by atoms with Gasteiger partial charge in [0.25, 0.3) is 0 Å². The van der Waals surface area contributed by atoms with Crippen LogP contribution >= 0.6 is 23.4 Å². The molecular weight excluding hydrogens is 504 g/mol.